The molecule has 1 N–H and O–H groups in total. The second-order valence-electron chi connectivity index (χ2n) is 4.80. The molecule has 100 valence electrons. The van der Waals surface area contributed by atoms with E-state index in [4.69, 9.17) is 4.42 Å². The van der Waals surface area contributed by atoms with Gasteiger partial charge >= 0.3 is 0 Å². The molecule has 1 aliphatic heterocycles. The first-order chi connectivity index (χ1) is 9.31. The highest BCUT2D eigenvalue weighted by Gasteiger charge is 2.11. The van der Waals surface area contributed by atoms with E-state index in [0.29, 0.717) is 0 Å². The Hall–Kier alpha value is -1.17. The number of nitrogens with one attached hydrogen (secondary N) is 1. The molecule has 19 heavy (non-hydrogen) atoms. The van der Waals surface area contributed by atoms with Crippen LogP contribution in [0.5, 0.6) is 0 Å². The number of halogens is 1. The van der Waals surface area contributed by atoms with Crippen molar-refractivity contribution in [2.24, 2.45) is 0 Å². The molecule has 1 aromatic carbocycles. The van der Waals surface area contributed by atoms with E-state index in [2.05, 4.69) is 57.1 Å². The summed E-state index contributed by atoms with van der Waals surface area (Å²) in [5.41, 5.74) is 2.46. The molecule has 1 aromatic heterocycles. The maximum Gasteiger partial charge on any atom is 0.164 e. The largest absolute Gasteiger partial charge is 0.454 e. The molecule has 0 aliphatic carbocycles. The molecule has 0 atom stereocenters. The highest BCUT2D eigenvalue weighted by atomic mass is 127. The van der Waals surface area contributed by atoms with Crippen molar-refractivity contribution in [3.05, 3.63) is 45.9 Å². The van der Waals surface area contributed by atoms with Gasteiger partial charge in [-0.3, -0.25) is 0 Å². The zero-order valence-electron chi connectivity index (χ0n) is 10.7. The molecule has 0 bridgehead atoms. The zero-order valence-corrected chi connectivity index (χ0v) is 12.9. The lowest BCUT2D eigenvalue weighted by molar-refractivity contribution is 0.493. The molecule has 2 heterocycles. The second-order valence-corrected chi connectivity index (χ2v) is 5.86. The van der Waals surface area contributed by atoms with Crippen LogP contribution in [0.25, 0.3) is 0 Å². The molecule has 1 fully saturated rings. The van der Waals surface area contributed by atoms with Crippen LogP contribution in [-0.4, -0.2) is 13.1 Å². The van der Waals surface area contributed by atoms with Crippen LogP contribution in [0.4, 0.5) is 11.4 Å². The summed E-state index contributed by atoms with van der Waals surface area (Å²) in [5.74, 6) is 0.966. The molecule has 1 aliphatic rings. The fourth-order valence-corrected chi connectivity index (χ4v) is 2.86. The number of furan rings is 1. The Balaban J connectivity index is 1.59. The van der Waals surface area contributed by atoms with E-state index in [1.807, 2.05) is 12.1 Å². The van der Waals surface area contributed by atoms with Gasteiger partial charge in [0, 0.05) is 24.5 Å². The van der Waals surface area contributed by atoms with Crippen LogP contribution in [0.15, 0.2) is 40.8 Å². The van der Waals surface area contributed by atoms with E-state index in [1.165, 1.54) is 31.6 Å². The first kappa shape index (κ1) is 12.8. The van der Waals surface area contributed by atoms with Gasteiger partial charge in [-0.1, -0.05) is 0 Å². The molecule has 0 amide bonds. The van der Waals surface area contributed by atoms with Gasteiger partial charge in [-0.05, 0) is 71.8 Å². The highest BCUT2D eigenvalue weighted by Crippen LogP contribution is 2.22. The van der Waals surface area contributed by atoms with Gasteiger partial charge in [0.25, 0.3) is 0 Å². The molecule has 2 aromatic rings. The smallest absolute Gasteiger partial charge is 0.164 e. The van der Waals surface area contributed by atoms with Crippen molar-refractivity contribution >= 4 is 34.0 Å². The fraction of sp³-hybridized carbons (Fsp3) is 0.333. The van der Waals surface area contributed by atoms with Crippen molar-refractivity contribution in [3.8, 4) is 0 Å². The average molecular weight is 368 g/mol. The van der Waals surface area contributed by atoms with E-state index >= 15 is 0 Å². The molecule has 3 nitrogen and oxygen atoms in total. The fourth-order valence-electron chi connectivity index (χ4n) is 2.40. The van der Waals surface area contributed by atoms with Crippen LogP contribution in [0.3, 0.4) is 0 Å². The summed E-state index contributed by atoms with van der Waals surface area (Å²) in [6.45, 7) is 3.11. The lowest BCUT2D eigenvalue weighted by atomic mass is 10.2. The summed E-state index contributed by atoms with van der Waals surface area (Å²) >= 11 is 2.18. The van der Waals surface area contributed by atoms with Crippen molar-refractivity contribution in [1.82, 2.24) is 0 Å². The summed E-state index contributed by atoms with van der Waals surface area (Å²) in [6, 6.07) is 12.7. The Kier molecular flexibility index (Phi) is 3.96. The number of anilines is 2. The molecule has 0 radical (unpaired) electrons. The van der Waals surface area contributed by atoms with E-state index in [-0.39, 0.29) is 0 Å². The summed E-state index contributed by atoms with van der Waals surface area (Å²) < 4.78 is 6.46. The Morgan fingerprint density at radius 3 is 2.42 bits per heavy atom. The Morgan fingerprint density at radius 2 is 1.79 bits per heavy atom. The minimum absolute atomic E-state index is 0.728. The van der Waals surface area contributed by atoms with E-state index in [0.717, 1.165) is 21.8 Å². The van der Waals surface area contributed by atoms with Gasteiger partial charge in [0.15, 0.2) is 3.77 Å². The van der Waals surface area contributed by atoms with Crippen LogP contribution >= 0.6 is 22.6 Å². The van der Waals surface area contributed by atoms with Gasteiger partial charge < -0.3 is 14.6 Å². The third-order valence-corrected chi connectivity index (χ3v) is 4.01. The van der Waals surface area contributed by atoms with Gasteiger partial charge in [-0.2, -0.15) is 0 Å². The predicted molar refractivity (Wildman–Crippen MR) is 86.6 cm³/mol. The first-order valence-electron chi connectivity index (χ1n) is 6.64. The van der Waals surface area contributed by atoms with Crippen molar-refractivity contribution in [2.75, 3.05) is 23.3 Å². The van der Waals surface area contributed by atoms with Crippen LogP contribution in [-0.2, 0) is 6.54 Å². The predicted octanol–water partition coefficient (Wildman–Crippen LogP) is 4.10. The third kappa shape index (κ3) is 3.23. The topological polar surface area (TPSA) is 28.4 Å². The van der Waals surface area contributed by atoms with Crippen LogP contribution in [0, 0.1) is 3.77 Å². The molecule has 4 heteroatoms. The normalized spacial score (nSPS) is 14.9. The van der Waals surface area contributed by atoms with Crippen molar-refractivity contribution in [2.45, 2.75) is 19.4 Å². The Labute approximate surface area is 127 Å². The minimum Gasteiger partial charge on any atom is -0.454 e. The molecule has 0 unspecified atom stereocenters. The van der Waals surface area contributed by atoms with Crippen LogP contribution in [0.2, 0.25) is 0 Å². The molecule has 0 spiro atoms. The average Bonchev–Trinajstić information content (AvgIpc) is 3.08. The molecule has 1 saturated heterocycles. The summed E-state index contributed by atoms with van der Waals surface area (Å²) in [4.78, 5) is 2.44. The number of nitrogens with zero attached hydrogens (tertiary/aromatic N) is 1. The molecule has 3 rings (SSSR count). The number of hydrogen-bond donors (Lipinski definition) is 1. The lowest BCUT2D eigenvalue weighted by Gasteiger charge is -2.17. The van der Waals surface area contributed by atoms with Gasteiger partial charge in [0.05, 0.1) is 6.54 Å². The van der Waals surface area contributed by atoms with E-state index in [1.54, 1.807) is 0 Å². The SMILES string of the molecule is Ic1ccc(CNc2ccc(N3CCCC3)cc2)o1. The summed E-state index contributed by atoms with van der Waals surface area (Å²) in [6.07, 6.45) is 2.63. The monoisotopic (exact) mass is 368 g/mol. The van der Waals surface area contributed by atoms with Crippen molar-refractivity contribution in [1.29, 1.82) is 0 Å². The third-order valence-electron chi connectivity index (χ3n) is 3.43. The minimum atomic E-state index is 0.728. The maximum absolute atomic E-state index is 5.53. The molecule has 0 saturated carbocycles. The Morgan fingerprint density at radius 1 is 1.05 bits per heavy atom. The number of hydrogen-bond acceptors (Lipinski definition) is 3. The van der Waals surface area contributed by atoms with Gasteiger partial charge in [0.2, 0.25) is 0 Å². The second kappa shape index (κ2) is 5.86. The van der Waals surface area contributed by atoms with Crippen LogP contribution in [0.1, 0.15) is 18.6 Å². The lowest BCUT2D eigenvalue weighted by Crippen LogP contribution is -2.17. The number of rotatable bonds is 4. The highest BCUT2D eigenvalue weighted by molar-refractivity contribution is 14.1. The summed E-state index contributed by atoms with van der Waals surface area (Å²) in [5, 5.41) is 3.38. The van der Waals surface area contributed by atoms with Gasteiger partial charge in [-0.15, -0.1) is 0 Å². The maximum atomic E-state index is 5.53. The van der Waals surface area contributed by atoms with Crippen molar-refractivity contribution < 1.29 is 4.42 Å². The quantitative estimate of drug-likeness (QED) is 0.824. The summed E-state index contributed by atoms with van der Waals surface area (Å²) in [7, 11) is 0. The van der Waals surface area contributed by atoms with E-state index < -0.39 is 0 Å². The standard InChI is InChI=1S/C15H17IN2O/c16-15-8-7-14(19-15)11-17-12-3-5-13(6-4-12)18-9-1-2-10-18/h3-8,17H,1-2,9-11H2. The zero-order chi connectivity index (χ0) is 13.1. The van der Waals surface area contributed by atoms with Gasteiger partial charge in [0.1, 0.15) is 5.76 Å². The first-order valence-corrected chi connectivity index (χ1v) is 7.72. The van der Waals surface area contributed by atoms with Gasteiger partial charge in [-0.25, -0.2) is 0 Å². The molecular weight excluding hydrogens is 351 g/mol. The van der Waals surface area contributed by atoms with E-state index in [9.17, 15) is 0 Å². The van der Waals surface area contributed by atoms with Crippen LogP contribution < -0.4 is 10.2 Å². The Bertz CT molecular complexity index is 529. The van der Waals surface area contributed by atoms with Crippen molar-refractivity contribution in [3.63, 3.8) is 0 Å². The number of benzene rings is 1. The molecular formula is C15H17IN2O.